The van der Waals surface area contributed by atoms with E-state index >= 15 is 0 Å². The number of para-hydroxylation sites is 2. The lowest BCUT2D eigenvalue weighted by Crippen LogP contribution is -2.44. The van der Waals surface area contributed by atoms with Crippen molar-refractivity contribution in [1.82, 2.24) is 9.78 Å². The summed E-state index contributed by atoms with van der Waals surface area (Å²) in [4.78, 5) is 0.294. The molecule has 6 nitrogen and oxygen atoms in total. The van der Waals surface area contributed by atoms with Crippen LogP contribution in [0, 0.1) is 0 Å². The molecule has 3 aromatic rings. The predicted molar refractivity (Wildman–Crippen MR) is 130 cm³/mol. The first-order valence-electron chi connectivity index (χ1n) is 11.1. The number of rotatable bonds is 5. The quantitative estimate of drug-likeness (QED) is 0.501. The van der Waals surface area contributed by atoms with E-state index in [1.54, 1.807) is 19.2 Å². The number of ether oxygens (including phenoxy) is 2. The highest BCUT2D eigenvalue weighted by Crippen LogP contribution is 2.44. The van der Waals surface area contributed by atoms with E-state index < -0.39 is 9.84 Å². The summed E-state index contributed by atoms with van der Waals surface area (Å²) in [5.74, 6) is 0.947. The highest BCUT2D eigenvalue weighted by molar-refractivity contribution is 7.90. The van der Waals surface area contributed by atoms with Gasteiger partial charge in [0, 0.05) is 17.7 Å². The smallest absolute Gasteiger partial charge is 0.175 e. The molecule has 0 atom stereocenters. The molecule has 1 aromatic heterocycles. The maximum atomic E-state index is 11.9. The van der Waals surface area contributed by atoms with Crippen molar-refractivity contribution < 1.29 is 17.9 Å². The van der Waals surface area contributed by atoms with Crippen LogP contribution in [-0.4, -0.2) is 42.8 Å². The summed E-state index contributed by atoms with van der Waals surface area (Å²) in [5.41, 5.74) is 3.09. The molecule has 0 radical (unpaired) electrons. The van der Waals surface area contributed by atoms with Crippen molar-refractivity contribution >= 4 is 9.84 Å². The van der Waals surface area contributed by atoms with Crippen molar-refractivity contribution in [2.45, 2.75) is 62.6 Å². The summed E-state index contributed by atoms with van der Waals surface area (Å²) >= 11 is 0. The van der Waals surface area contributed by atoms with Gasteiger partial charge < -0.3 is 9.47 Å². The number of hydrogen-bond acceptors (Lipinski definition) is 5. The van der Waals surface area contributed by atoms with Crippen LogP contribution in [0.4, 0.5) is 0 Å². The lowest BCUT2D eigenvalue weighted by molar-refractivity contribution is -0.162. The molecule has 1 aliphatic rings. The highest BCUT2D eigenvalue weighted by atomic mass is 32.2. The standard InChI is InChI=1S/C26H32N2O4S/c1-25(2)16-19(17-26(3,4)32-25)21-15-23(18-11-13-20(14-12-18)33(6,29)30)28(27-21)22-9-7-8-10-24(22)31-5/h7-15,19H,16-17H2,1-6H3. The summed E-state index contributed by atoms with van der Waals surface area (Å²) in [6, 6.07) is 16.8. The molecule has 0 unspecified atom stereocenters. The summed E-state index contributed by atoms with van der Waals surface area (Å²) in [6.45, 7) is 8.51. The number of aromatic nitrogens is 2. The molecule has 2 aromatic carbocycles. The molecule has 0 bridgehead atoms. The van der Waals surface area contributed by atoms with Gasteiger partial charge >= 0.3 is 0 Å². The van der Waals surface area contributed by atoms with Gasteiger partial charge in [0.15, 0.2) is 9.84 Å². The Hall–Kier alpha value is -2.64. The van der Waals surface area contributed by atoms with Gasteiger partial charge in [-0.25, -0.2) is 13.1 Å². The third-order valence-corrected chi connectivity index (χ3v) is 7.20. The Morgan fingerprint density at radius 3 is 2.18 bits per heavy atom. The predicted octanol–water partition coefficient (Wildman–Crippen LogP) is 5.40. The van der Waals surface area contributed by atoms with Crippen molar-refractivity contribution in [2.75, 3.05) is 13.4 Å². The third-order valence-electron chi connectivity index (χ3n) is 6.07. The van der Waals surface area contributed by atoms with Gasteiger partial charge in [0.2, 0.25) is 0 Å². The van der Waals surface area contributed by atoms with Crippen LogP contribution in [0.1, 0.15) is 52.1 Å². The van der Waals surface area contributed by atoms with Gasteiger partial charge in [-0.15, -0.1) is 0 Å². The van der Waals surface area contributed by atoms with Crippen molar-refractivity contribution in [3.8, 4) is 22.7 Å². The van der Waals surface area contributed by atoms with Crippen LogP contribution in [0.15, 0.2) is 59.5 Å². The zero-order chi connectivity index (χ0) is 24.0. The minimum atomic E-state index is -3.27. The molecule has 176 valence electrons. The van der Waals surface area contributed by atoms with Crippen LogP contribution < -0.4 is 4.74 Å². The number of benzene rings is 2. The summed E-state index contributed by atoms with van der Waals surface area (Å²) in [6.07, 6.45) is 2.95. The summed E-state index contributed by atoms with van der Waals surface area (Å²) in [5, 5.41) is 5.05. The minimum absolute atomic E-state index is 0.230. The topological polar surface area (TPSA) is 70.4 Å². The molecule has 7 heteroatoms. The Balaban J connectivity index is 1.86. The van der Waals surface area contributed by atoms with E-state index in [1.165, 1.54) is 6.26 Å². The number of methoxy groups -OCH3 is 1. The van der Waals surface area contributed by atoms with Crippen LogP contribution in [0.5, 0.6) is 5.75 Å². The van der Waals surface area contributed by atoms with Gasteiger partial charge in [0.1, 0.15) is 11.4 Å². The van der Waals surface area contributed by atoms with E-state index in [0.717, 1.165) is 35.5 Å². The van der Waals surface area contributed by atoms with Gasteiger partial charge in [-0.1, -0.05) is 24.3 Å². The molecule has 2 heterocycles. The van der Waals surface area contributed by atoms with Crippen molar-refractivity contribution in [2.24, 2.45) is 0 Å². The van der Waals surface area contributed by atoms with E-state index in [1.807, 2.05) is 41.1 Å². The molecule has 1 fully saturated rings. The van der Waals surface area contributed by atoms with E-state index in [4.69, 9.17) is 14.6 Å². The van der Waals surface area contributed by atoms with E-state index in [-0.39, 0.29) is 17.1 Å². The second-order valence-electron chi connectivity index (χ2n) is 10.1. The number of hydrogen-bond donors (Lipinski definition) is 0. The zero-order valence-electron chi connectivity index (χ0n) is 20.1. The first-order chi connectivity index (χ1) is 15.4. The highest BCUT2D eigenvalue weighted by Gasteiger charge is 2.41. The summed E-state index contributed by atoms with van der Waals surface area (Å²) < 4.78 is 37.7. The molecule has 1 saturated heterocycles. The van der Waals surface area contributed by atoms with Gasteiger partial charge in [-0.2, -0.15) is 5.10 Å². The molecule has 0 amide bonds. The Bertz CT molecular complexity index is 1240. The van der Waals surface area contributed by atoms with Gasteiger partial charge in [-0.05, 0) is 70.9 Å². The van der Waals surface area contributed by atoms with Crippen molar-refractivity contribution in [3.63, 3.8) is 0 Å². The molecule has 0 aliphatic carbocycles. The van der Waals surface area contributed by atoms with Crippen molar-refractivity contribution in [1.29, 1.82) is 0 Å². The van der Waals surface area contributed by atoms with Crippen LogP contribution >= 0.6 is 0 Å². The first kappa shape index (κ1) is 23.5. The average Bonchev–Trinajstić information content (AvgIpc) is 3.16. The normalized spacial score (nSPS) is 18.2. The molecular formula is C26H32N2O4S. The summed E-state index contributed by atoms with van der Waals surface area (Å²) in [7, 11) is -1.62. The second kappa shape index (κ2) is 8.29. The van der Waals surface area contributed by atoms with Crippen LogP contribution in [0.2, 0.25) is 0 Å². The molecule has 1 aliphatic heterocycles. The zero-order valence-corrected chi connectivity index (χ0v) is 20.9. The Morgan fingerprint density at radius 2 is 1.61 bits per heavy atom. The molecule has 0 N–H and O–H groups in total. The number of nitrogens with zero attached hydrogens (tertiary/aromatic N) is 2. The average molecular weight is 469 g/mol. The molecular weight excluding hydrogens is 436 g/mol. The largest absolute Gasteiger partial charge is 0.494 e. The van der Waals surface area contributed by atoms with Crippen LogP contribution in [0.3, 0.4) is 0 Å². The molecule has 0 spiro atoms. The Labute approximate surface area is 196 Å². The number of sulfone groups is 1. The lowest BCUT2D eigenvalue weighted by atomic mass is 9.79. The Morgan fingerprint density at radius 1 is 1.00 bits per heavy atom. The van der Waals surface area contributed by atoms with E-state index in [0.29, 0.717) is 10.6 Å². The fourth-order valence-electron chi connectivity index (χ4n) is 4.97. The van der Waals surface area contributed by atoms with E-state index in [2.05, 4.69) is 33.8 Å². The Kier molecular flexibility index (Phi) is 5.91. The minimum Gasteiger partial charge on any atom is -0.494 e. The second-order valence-corrected chi connectivity index (χ2v) is 12.1. The SMILES string of the molecule is COc1ccccc1-n1nc(C2CC(C)(C)OC(C)(C)C2)cc1-c1ccc(S(C)(=O)=O)cc1. The van der Waals surface area contributed by atoms with Crippen LogP contribution in [-0.2, 0) is 14.6 Å². The fourth-order valence-corrected chi connectivity index (χ4v) is 5.60. The first-order valence-corrected chi connectivity index (χ1v) is 13.0. The third kappa shape index (κ3) is 4.99. The van der Waals surface area contributed by atoms with Gasteiger partial charge in [0.05, 0.1) is 34.6 Å². The maximum Gasteiger partial charge on any atom is 0.175 e. The van der Waals surface area contributed by atoms with Gasteiger partial charge in [0.25, 0.3) is 0 Å². The molecule has 33 heavy (non-hydrogen) atoms. The maximum absolute atomic E-state index is 11.9. The fraction of sp³-hybridized carbons (Fsp3) is 0.423. The molecule has 0 saturated carbocycles. The van der Waals surface area contributed by atoms with Crippen LogP contribution in [0.25, 0.3) is 16.9 Å². The molecule has 4 rings (SSSR count). The van der Waals surface area contributed by atoms with E-state index in [9.17, 15) is 8.42 Å². The lowest BCUT2D eigenvalue weighted by Gasteiger charge is -2.45. The van der Waals surface area contributed by atoms with Crippen molar-refractivity contribution in [3.05, 3.63) is 60.3 Å². The van der Waals surface area contributed by atoms with Gasteiger partial charge in [-0.3, -0.25) is 0 Å². The monoisotopic (exact) mass is 468 g/mol.